The summed E-state index contributed by atoms with van der Waals surface area (Å²) in [5.74, 6) is -0.141. The molecule has 0 bridgehead atoms. The van der Waals surface area contributed by atoms with Crippen LogP contribution in [-0.2, 0) is 11.3 Å². The largest absolute Gasteiger partial charge is 0.496 e. The Labute approximate surface area is 124 Å². The second kappa shape index (κ2) is 6.90. The fourth-order valence-electron chi connectivity index (χ4n) is 2.25. The molecule has 4 nitrogen and oxygen atoms in total. The van der Waals surface area contributed by atoms with E-state index in [-0.39, 0.29) is 0 Å². The maximum atomic E-state index is 11.4. The van der Waals surface area contributed by atoms with Gasteiger partial charge in [0.05, 0.1) is 7.11 Å². The van der Waals surface area contributed by atoms with Gasteiger partial charge < -0.3 is 9.84 Å². The summed E-state index contributed by atoms with van der Waals surface area (Å²) in [6.07, 6.45) is 0. The van der Waals surface area contributed by atoms with Crippen molar-refractivity contribution in [1.82, 2.24) is 5.32 Å². The Balaban J connectivity index is 2.16. The van der Waals surface area contributed by atoms with Gasteiger partial charge in [0.15, 0.2) is 0 Å². The van der Waals surface area contributed by atoms with Crippen LogP contribution in [0.25, 0.3) is 0 Å². The van der Waals surface area contributed by atoms with Crippen LogP contribution in [0.4, 0.5) is 0 Å². The van der Waals surface area contributed by atoms with Gasteiger partial charge in [0.1, 0.15) is 11.8 Å². The number of aliphatic carboxylic acids is 1. The number of carboxylic acids is 1. The molecule has 0 spiro atoms. The van der Waals surface area contributed by atoms with Crippen molar-refractivity contribution in [2.24, 2.45) is 0 Å². The molecule has 2 aromatic carbocycles. The van der Waals surface area contributed by atoms with Gasteiger partial charge in [-0.3, -0.25) is 10.1 Å². The monoisotopic (exact) mass is 285 g/mol. The fourth-order valence-corrected chi connectivity index (χ4v) is 2.25. The summed E-state index contributed by atoms with van der Waals surface area (Å²) >= 11 is 0. The highest BCUT2D eigenvalue weighted by Crippen LogP contribution is 2.21. The average molecular weight is 285 g/mol. The highest BCUT2D eigenvalue weighted by atomic mass is 16.5. The number of benzene rings is 2. The number of ether oxygens (including phenoxy) is 1. The number of rotatable bonds is 6. The molecule has 0 saturated heterocycles. The zero-order valence-electron chi connectivity index (χ0n) is 12.2. The van der Waals surface area contributed by atoms with Crippen LogP contribution in [-0.4, -0.2) is 18.2 Å². The summed E-state index contributed by atoms with van der Waals surface area (Å²) in [6, 6.07) is 14.3. The standard InChI is InChI=1S/C17H19NO3/c1-12-8-9-15(21-2)14(10-12)11-18-16(17(19)20)13-6-4-3-5-7-13/h3-10,16,18H,11H2,1-2H3,(H,19,20). The van der Waals surface area contributed by atoms with Crippen molar-refractivity contribution in [2.75, 3.05) is 7.11 Å². The van der Waals surface area contributed by atoms with E-state index in [9.17, 15) is 9.90 Å². The van der Waals surface area contributed by atoms with E-state index in [0.717, 1.165) is 22.4 Å². The van der Waals surface area contributed by atoms with E-state index in [1.807, 2.05) is 43.3 Å². The molecule has 2 aromatic rings. The molecule has 0 radical (unpaired) electrons. The van der Waals surface area contributed by atoms with Crippen LogP contribution in [0.5, 0.6) is 5.75 Å². The van der Waals surface area contributed by atoms with Gasteiger partial charge in [0.25, 0.3) is 0 Å². The van der Waals surface area contributed by atoms with E-state index in [4.69, 9.17) is 4.74 Å². The van der Waals surface area contributed by atoms with Crippen molar-refractivity contribution < 1.29 is 14.6 Å². The summed E-state index contributed by atoms with van der Waals surface area (Å²) in [6.45, 7) is 2.42. The summed E-state index contributed by atoms with van der Waals surface area (Å²) < 4.78 is 5.31. The van der Waals surface area contributed by atoms with Gasteiger partial charge in [-0.2, -0.15) is 0 Å². The molecule has 0 amide bonds. The highest BCUT2D eigenvalue weighted by molar-refractivity contribution is 5.75. The van der Waals surface area contributed by atoms with Crippen LogP contribution in [0.3, 0.4) is 0 Å². The Bertz CT molecular complexity index is 611. The zero-order chi connectivity index (χ0) is 15.2. The minimum absolute atomic E-state index is 0.427. The number of aryl methyl sites for hydroxylation is 1. The Morgan fingerprint density at radius 1 is 1.24 bits per heavy atom. The first-order valence-corrected chi connectivity index (χ1v) is 6.76. The normalized spacial score (nSPS) is 11.9. The van der Waals surface area contributed by atoms with E-state index in [0.29, 0.717) is 6.54 Å². The molecule has 0 aliphatic carbocycles. The third-order valence-corrected chi connectivity index (χ3v) is 3.31. The van der Waals surface area contributed by atoms with Crippen LogP contribution in [0, 0.1) is 6.92 Å². The molecule has 0 saturated carbocycles. The lowest BCUT2D eigenvalue weighted by atomic mass is 10.1. The summed E-state index contributed by atoms with van der Waals surface area (Å²) in [5.41, 5.74) is 2.79. The van der Waals surface area contributed by atoms with Crippen LogP contribution < -0.4 is 10.1 Å². The second-order valence-electron chi connectivity index (χ2n) is 4.88. The smallest absolute Gasteiger partial charge is 0.325 e. The van der Waals surface area contributed by atoms with Gasteiger partial charge in [-0.1, -0.05) is 48.0 Å². The summed E-state index contributed by atoms with van der Waals surface area (Å²) in [5, 5.41) is 12.5. The summed E-state index contributed by atoms with van der Waals surface area (Å²) in [7, 11) is 1.61. The molecular formula is C17H19NO3. The molecule has 21 heavy (non-hydrogen) atoms. The number of carboxylic acid groups (broad SMARTS) is 1. The molecule has 1 unspecified atom stereocenters. The molecule has 110 valence electrons. The third kappa shape index (κ3) is 3.83. The molecule has 2 N–H and O–H groups in total. The van der Waals surface area contributed by atoms with Crippen molar-refractivity contribution in [3.05, 3.63) is 65.2 Å². The van der Waals surface area contributed by atoms with Crippen LogP contribution in [0.1, 0.15) is 22.7 Å². The van der Waals surface area contributed by atoms with Gasteiger partial charge in [-0.15, -0.1) is 0 Å². The molecule has 0 heterocycles. The molecule has 0 fully saturated rings. The first-order chi connectivity index (χ1) is 10.1. The third-order valence-electron chi connectivity index (χ3n) is 3.31. The molecule has 0 aromatic heterocycles. The van der Waals surface area contributed by atoms with Crippen molar-refractivity contribution in [1.29, 1.82) is 0 Å². The second-order valence-corrected chi connectivity index (χ2v) is 4.88. The molecule has 2 rings (SSSR count). The van der Waals surface area contributed by atoms with Gasteiger partial charge in [0, 0.05) is 12.1 Å². The van der Waals surface area contributed by atoms with Crippen LogP contribution in [0.15, 0.2) is 48.5 Å². The quantitative estimate of drug-likeness (QED) is 0.856. The molecule has 4 heteroatoms. The molecular weight excluding hydrogens is 266 g/mol. The minimum Gasteiger partial charge on any atom is -0.496 e. The van der Waals surface area contributed by atoms with E-state index in [2.05, 4.69) is 5.32 Å². The number of hydrogen-bond acceptors (Lipinski definition) is 3. The molecule has 0 aliphatic heterocycles. The number of carbonyl (C=O) groups is 1. The van der Waals surface area contributed by atoms with Gasteiger partial charge in [-0.25, -0.2) is 0 Å². The van der Waals surface area contributed by atoms with E-state index < -0.39 is 12.0 Å². The lowest BCUT2D eigenvalue weighted by Gasteiger charge is -2.16. The maximum Gasteiger partial charge on any atom is 0.325 e. The fraction of sp³-hybridized carbons (Fsp3) is 0.235. The van der Waals surface area contributed by atoms with Crippen molar-refractivity contribution in [2.45, 2.75) is 19.5 Å². The molecule has 0 aliphatic rings. The van der Waals surface area contributed by atoms with Crippen LogP contribution in [0.2, 0.25) is 0 Å². The first-order valence-electron chi connectivity index (χ1n) is 6.76. The zero-order valence-corrected chi connectivity index (χ0v) is 12.2. The van der Waals surface area contributed by atoms with Gasteiger partial charge in [-0.05, 0) is 18.6 Å². The lowest BCUT2D eigenvalue weighted by molar-refractivity contribution is -0.139. The Morgan fingerprint density at radius 2 is 1.95 bits per heavy atom. The number of hydrogen-bond donors (Lipinski definition) is 2. The topological polar surface area (TPSA) is 58.6 Å². The van der Waals surface area contributed by atoms with Crippen molar-refractivity contribution in [3.63, 3.8) is 0 Å². The highest BCUT2D eigenvalue weighted by Gasteiger charge is 2.19. The van der Waals surface area contributed by atoms with Gasteiger partial charge >= 0.3 is 5.97 Å². The SMILES string of the molecule is COc1ccc(C)cc1CNC(C(=O)O)c1ccccc1. The van der Waals surface area contributed by atoms with Crippen molar-refractivity contribution >= 4 is 5.97 Å². The average Bonchev–Trinajstić information content (AvgIpc) is 2.48. The Kier molecular flexibility index (Phi) is 4.95. The lowest BCUT2D eigenvalue weighted by Crippen LogP contribution is -2.28. The summed E-state index contributed by atoms with van der Waals surface area (Å²) in [4.78, 5) is 11.4. The predicted molar refractivity (Wildman–Crippen MR) is 81.4 cm³/mol. The van der Waals surface area contributed by atoms with E-state index >= 15 is 0 Å². The Morgan fingerprint density at radius 3 is 2.57 bits per heavy atom. The van der Waals surface area contributed by atoms with Crippen molar-refractivity contribution in [3.8, 4) is 5.75 Å². The maximum absolute atomic E-state index is 11.4. The van der Waals surface area contributed by atoms with E-state index in [1.54, 1.807) is 19.2 Å². The molecule has 1 atom stereocenters. The predicted octanol–water partition coefficient (Wildman–Crippen LogP) is 2.92. The number of methoxy groups -OCH3 is 1. The Hall–Kier alpha value is -2.33. The first kappa shape index (κ1) is 15.1. The van der Waals surface area contributed by atoms with Crippen LogP contribution >= 0.6 is 0 Å². The van der Waals surface area contributed by atoms with Gasteiger partial charge in [0.2, 0.25) is 0 Å². The van der Waals surface area contributed by atoms with E-state index in [1.165, 1.54) is 0 Å². The number of nitrogens with one attached hydrogen (secondary N) is 1. The minimum atomic E-state index is -0.896.